The second kappa shape index (κ2) is 10.4. The molecule has 9 aromatic rings. The Hall–Kier alpha value is -5.78. The first-order valence-electron chi connectivity index (χ1n) is 14.9. The molecule has 0 saturated heterocycles. The van der Waals surface area contributed by atoms with Gasteiger partial charge in [-0.15, -0.1) is 11.3 Å². The average molecular weight is 593 g/mol. The van der Waals surface area contributed by atoms with E-state index in [9.17, 15) is 0 Å². The molecule has 0 aliphatic rings. The molecule has 3 heterocycles. The quantitative estimate of drug-likeness (QED) is 0.204. The van der Waals surface area contributed by atoms with E-state index in [1.165, 1.54) is 42.4 Å². The number of hydrogen-bond acceptors (Lipinski definition) is 5. The van der Waals surface area contributed by atoms with Crippen molar-refractivity contribution >= 4 is 53.6 Å². The third-order valence-corrected chi connectivity index (χ3v) is 9.62. The third-order valence-electron chi connectivity index (χ3n) is 8.40. The Morgan fingerprint density at radius 3 is 1.56 bits per heavy atom. The van der Waals surface area contributed by atoms with Crippen LogP contribution < -0.4 is 0 Å². The Bertz CT molecular complexity index is 2530. The summed E-state index contributed by atoms with van der Waals surface area (Å²) in [7, 11) is 0. The average Bonchev–Trinajstić information content (AvgIpc) is 3.50. The summed E-state index contributed by atoms with van der Waals surface area (Å²) in [6, 6.07) is 46.7. The molecule has 9 rings (SSSR count). The fourth-order valence-corrected chi connectivity index (χ4v) is 7.27. The van der Waals surface area contributed by atoms with Gasteiger partial charge >= 0.3 is 0 Å². The van der Waals surface area contributed by atoms with Gasteiger partial charge in [0.05, 0.1) is 45.8 Å². The van der Waals surface area contributed by atoms with E-state index < -0.39 is 0 Å². The van der Waals surface area contributed by atoms with Crippen LogP contribution >= 0.6 is 11.3 Å². The number of benzene rings is 6. The number of fused-ring (bicyclic) bond motifs is 5. The maximum atomic E-state index is 4.82. The van der Waals surface area contributed by atoms with Crippen LogP contribution in [0.3, 0.4) is 0 Å². The lowest BCUT2D eigenvalue weighted by molar-refractivity contribution is 1.29. The van der Waals surface area contributed by atoms with Gasteiger partial charge in [0, 0.05) is 31.3 Å². The van der Waals surface area contributed by atoms with Crippen LogP contribution in [0.2, 0.25) is 0 Å². The van der Waals surface area contributed by atoms with Crippen LogP contribution in [0, 0.1) is 0 Å². The Morgan fingerprint density at radius 1 is 0.400 bits per heavy atom. The van der Waals surface area contributed by atoms with Crippen LogP contribution in [0.4, 0.5) is 0 Å². The zero-order valence-electron chi connectivity index (χ0n) is 24.1. The summed E-state index contributed by atoms with van der Waals surface area (Å²) in [5, 5.41) is 2.56. The maximum Gasteiger partial charge on any atom is 0.0894 e. The summed E-state index contributed by atoms with van der Waals surface area (Å²) in [6.45, 7) is 0. The summed E-state index contributed by atoms with van der Waals surface area (Å²) in [5.74, 6) is 0. The lowest BCUT2D eigenvalue weighted by atomic mass is 9.98. The molecule has 0 N–H and O–H groups in total. The molecule has 0 atom stereocenters. The van der Waals surface area contributed by atoms with Gasteiger partial charge in [0.25, 0.3) is 0 Å². The van der Waals surface area contributed by atoms with Crippen molar-refractivity contribution in [1.82, 2.24) is 19.9 Å². The smallest absolute Gasteiger partial charge is 0.0894 e. The van der Waals surface area contributed by atoms with Crippen molar-refractivity contribution in [2.75, 3.05) is 0 Å². The van der Waals surface area contributed by atoms with E-state index in [4.69, 9.17) is 9.97 Å². The summed E-state index contributed by atoms with van der Waals surface area (Å²) in [5.41, 5.74) is 12.3. The van der Waals surface area contributed by atoms with Crippen molar-refractivity contribution in [3.05, 3.63) is 146 Å². The molecule has 6 aromatic carbocycles. The molecule has 0 bridgehead atoms. The lowest BCUT2D eigenvalue weighted by Gasteiger charge is -2.07. The topological polar surface area (TPSA) is 51.6 Å². The first kappa shape index (κ1) is 25.7. The van der Waals surface area contributed by atoms with E-state index >= 15 is 0 Å². The molecule has 0 aliphatic carbocycles. The van der Waals surface area contributed by atoms with Gasteiger partial charge in [-0.3, -0.25) is 9.97 Å². The SMILES string of the molecule is c1ccc2nc(-c3ccc(-c4ccc5sc6c(-c7ccc(-c8cnc9ccccc9n8)cc7)cccc6c5c4)cc3)cnc2c1. The van der Waals surface area contributed by atoms with Crippen molar-refractivity contribution < 1.29 is 0 Å². The fourth-order valence-electron chi connectivity index (χ4n) is 6.05. The maximum absolute atomic E-state index is 4.82. The van der Waals surface area contributed by atoms with E-state index in [1.807, 2.05) is 72.3 Å². The molecule has 0 fully saturated rings. The van der Waals surface area contributed by atoms with E-state index in [-0.39, 0.29) is 0 Å². The van der Waals surface area contributed by atoms with Crippen LogP contribution in [-0.2, 0) is 0 Å². The minimum absolute atomic E-state index is 0.880. The summed E-state index contributed by atoms with van der Waals surface area (Å²) >= 11 is 1.85. The highest BCUT2D eigenvalue weighted by atomic mass is 32.1. The van der Waals surface area contributed by atoms with Gasteiger partial charge in [-0.05, 0) is 58.7 Å². The first-order chi connectivity index (χ1) is 22.3. The molecular formula is C40H24N4S. The molecule has 0 spiro atoms. The van der Waals surface area contributed by atoms with Gasteiger partial charge in [0.15, 0.2) is 0 Å². The van der Waals surface area contributed by atoms with Crippen LogP contribution in [0.25, 0.3) is 87.0 Å². The summed E-state index contributed by atoms with van der Waals surface area (Å²) in [4.78, 5) is 18.8. The fraction of sp³-hybridized carbons (Fsp3) is 0. The van der Waals surface area contributed by atoms with Crippen LogP contribution in [0.1, 0.15) is 0 Å². The molecule has 0 aliphatic heterocycles. The molecule has 0 amide bonds. The van der Waals surface area contributed by atoms with Gasteiger partial charge in [-0.2, -0.15) is 0 Å². The second-order valence-electron chi connectivity index (χ2n) is 11.1. The predicted molar refractivity (Wildman–Crippen MR) is 187 cm³/mol. The Morgan fingerprint density at radius 2 is 0.933 bits per heavy atom. The minimum Gasteiger partial charge on any atom is -0.252 e. The standard InChI is InChI=1S/C40H24N4S/c1-3-10-35-33(8-1)41-23-37(43-35)27-16-12-25(13-17-27)29-20-21-39-32(22-29)31-7-5-6-30(40(31)45-39)26-14-18-28(19-15-26)38-24-42-34-9-2-4-11-36(34)44-38/h1-24H. The van der Waals surface area contributed by atoms with Gasteiger partial charge in [0.1, 0.15) is 0 Å². The van der Waals surface area contributed by atoms with Crippen molar-refractivity contribution in [2.24, 2.45) is 0 Å². The number of para-hydroxylation sites is 4. The molecule has 4 nitrogen and oxygen atoms in total. The van der Waals surface area contributed by atoms with Crippen molar-refractivity contribution in [1.29, 1.82) is 0 Å². The molecule has 0 radical (unpaired) electrons. The first-order valence-corrected chi connectivity index (χ1v) is 15.7. The van der Waals surface area contributed by atoms with Gasteiger partial charge in [0.2, 0.25) is 0 Å². The molecule has 0 saturated carbocycles. The molecule has 3 aromatic heterocycles. The minimum atomic E-state index is 0.880. The monoisotopic (exact) mass is 592 g/mol. The highest BCUT2D eigenvalue weighted by Crippen LogP contribution is 2.41. The van der Waals surface area contributed by atoms with Crippen molar-refractivity contribution in [3.63, 3.8) is 0 Å². The lowest BCUT2D eigenvalue weighted by Crippen LogP contribution is -1.88. The highest BCUT2D eigenvalue weighted by Gasteiger charge is 2.13. The van der Waals surface area contributed by atoms with Crippen LogP contribution in [0.5, 0.6) is 0 Å². The molecule has 45 heavy (non-hydrogen) atoms. The summed E-state index contributed by atoms with van der Waals surface area (Å²) < 4.78 is 2.58. The number of nitrogens with zero attached hydrogens (tertiary/aromatic N) is 4. The third kappa shape index (κ3) is 4.53. The second-order valence-corrected chi connectivity index (χ2v) is 12.2. The predicted octanol–water partition coefficient (Wildman–Crippen LogP) is 10.6. The van der Waals surface area contributed by atoms with Crippen LogP contribution in [0.15, 0.2) is 146 Å². The normalized spacial score (nSPS) is 11.6. The van der Waals surface area contributed by atoms with Gasteiger partial charge < -0.3 is 0 Å². The zero-order chi connectivity index (χ0) is 29.7. The Balaban J connectivity index is 1.04. The number of thiophene rings is 1. The van der Waals surface area contributed by atoms with E-state index in [0.29, 0.717) is 0 Å². The largest absolute Gasteiger partial charge is 0.252 e. The highest BCUT2D eigenvalue weighted by molar-refractivity contribution is 7.26. The van der Waals surface area contributed by atoms with Crippen LogP contribution in [-0.4, -0.2) is 19.9 Å². The zero-order valence-corrected chi connectivity index (χ0v) is 24.9. The molecule has 5 heteroatoms. The van der Waals surface area contributed by atoms with Gasteiger partial charge in [-0.25, -0.2) is 9.97 Å². The van der Waals surface area contributed by atoms with E-state index in [1.54, 1.807) is 0 Å². The van der Waals surface area contributed by atoms with Crippen molar-refractivity contribution in [2.45, 2.75) is 0 Å². The number of rotatable bonds is 4. The van der Waals surface area contributed by atoms with E-state index in [0.717, 1.165) is 44.6 Å². The number of aromatic nitrogens is 4. The van der Waals surface area contributed by atoms with Crippen molar-refractivity contribution in [3.8, 4) is 44.8 Å². The molecular weight excluding hydrogens is 569 g/mol. The number of hydrogen-bond donors (Lipinski definition) is 0. The summed E-state index contributed by atoms with van der Waals surface area (Å²) in [6.07, 6.45) is 3.70. The van der Waals surface area contributed by atoms with E-state index in [2.05, 4.69) is 94.9 Å². The molecule has 210 valence electrons. The molecule has 0 unspecified atom stereocenters. The van der Waals surface area contributed by atoms with Gasteiger partial charge in [-0.1, -0.05) is 97.1 Å². The Kier molecular flexibility index (Phi) is 5.96. The Labute approximate surface area is 263 Å².